The molecule has 0 aliphatic rings. The third-order valence-electron chi connectivity index (χ3n) is 3.69. The van der Waals surface area contributed by atoms with E-state index in [0.717, 1.165) is 21.8 Å². The lowest BCUT2D eigenvalue weighted by Crippen LogP contribution is -2.22. The summed E-state index contributed by atoms with van der Waals surface area (Å²) in [4.78, 5) is 21.9. The van der Waals surface area contributed by atoms with Crippen LogP contribution >= 0.6 is 22.7 Å². The molecule has 24 heavy (non-hydrogen) atoms. The lowest BCUT2D eigenvalue weighted by atomic mass is 10.2. The number of hydrogen-bond donors (Lipinski definition) is 0. The van der Waals surface area contributed by atoms with Crippen molar-refractivity contribution in [2.75, 3.05) is 0 Å². The molecule has 3 aromatic heterocycles. The summed E-state index contributed by atoms with van der Waals surface area (Å²) in [5.74, 6) is 0.607. The molecular weight excluding hydrogens is 338 g/mol. The van der Waals surface area contributed by atoms with Crippen LogP contribution in [0.3, 0.4) is 0 Å². The first-order valence-corrected chi connectivity index (χ1v) is 9.14. The first kappa shape index (κ1) is 15.0. The highest BCUT2D eigenvalue weighted by molar-refractivity contribution is 7.17. The fourth-order valence-corrected chi connectivity index (χ4v) is 3.84. The number of thiazole rings is 1. The average Bonchev–Trinajstić information content (AvgIpc) is 3.25. The molecule has 6 heteroatoms. The molecule has 0 unspecified atom stereocenters. The van der Waals surface area contributed by atoms with E-state index >= 15 is 0 Å². The van der Waals surface area contributed by atoms with E-state index in [2.05, 4.69) is 9.97 Å². The van der Waals surface area contributed by atoms with Crippen LogP contribution in [0.1, 0.15) is 16.4 Å². The van der Waals surface area contributed by atoms with Crippen molar-refractivity contribution in [3.63, 3.8) is 0 Å². The molecule has 0 aliphatic heterocycles. The van der Waals surface area contributed by atoms with Crippen LogP contribution in [0, 0.1) is 6.92 Å². The van der Waals surface area contributed by atoms with Crippen molar-refractivity contribution in [3.8, 4) is 5.69 Å². The minimum absolute atomic E-state index is 0.0388. The van der Waals surface area contributed by atoms with E-state index < -0.39 is 0 Å². The number of hydrogen-bond acceptors (Lipinski definition) is 5. The van der Waals surface area contributed by atoms with E-state index in [1.165, 1.54) is 11.3 Å². The van der Waals surface area contributed by atoms with Gasteiger partial charge in [0.2, 0.25) is 0 Å². The van der Waals surface area contributed by atoms with Gasteiger partial charge in [-0.2, -0.15) is 0 Å². The largest absolute Gasteiger partial charge is 0.276 e. The second kappa shape index (κ2) is 6.14. The van der Waals surface area contributed by atoms with E-state index in [9.17, 15) is 4.79 Å². The third kappa shape index (κ3) is 2.60. The summed E-state index contributed by atoms with van der Waals surface area (Å²) < 4.78 is 2.35. The van der Waals surface area contributed by atoms with Crippen LogP contribution in [0.5, 0.6) is 0 Å². The number of para-hydroxylation sites is 1. The minimum Gasteiger partial charge on any atom is -0.267 e. The Hall–Kier alpha value is -2.57. The van der Waals surface area contributed by atoms with Crippen LogP contribution in [-0.2, 0) is 0 Å². The Morgan fingerprint density at radius 1 is 1.08 bits per heavy atom. The summed E-state index contributed by atoms with van der Waals surface area (Å²) in [7, 11) is 0. The van der Waals surface area contributed by atoms with Crippen molar-refractivity contribution in [3.05, 3.63) is 74.0 Å². The van der Waals surface area contributed by atoms with E-state index in [-0.39, 0.29) is 5.56 Å². The fraction of sp³-hybridized carbons (Fsp3) is 0.0556. The Bertz CT molecular complexity index is 1090. The van der Waals surface area contributed by atoms with Crippen molar-refractivity contribution in [2.24, 2.45) is 0 Å². The van der Waals surface area contributed by atoms with Gasteiger partial charge in [-0.15, -0.1) is 22.7 Å². The molecule has 0 saturated heterocycles. The van der Waals surface area contributed by atoms with Crippen LogP contribution in [0.4, 0.5) is 0 Å². The Morgan fingerprint density at radius 3 is 2.75 bits per heavy atom. The molecule has 0 fully saturated rings. The van der Waals surface area contributed by atoms with Gasteiger partial charge in [-0.05, 0) is 42.2 Å². The van der Waals surface area contributed by atoms with Gasteiger partial charge in [0.25, 0.3) is 5.56 Å². The summed E-state index contributed by atoms with van der Waals surface area (Å²) in [6.07, 6.45) is 5.50. The maximum Gasteiger partial charge on any atom is 0.276 e. The molecule has 4 rings (SSSR count). The number of thiophene rings is 1. The van der Waals surface area contributed by atoms with Gasteiger partial charge < -0.3 is 0 Å². The van der Waals surface area contributed by atoms with Gasteiger partial charge in [0, 0.05) is 11.6 Å². The number of aromatic nitrogens is 3. The molecule has 0 aliphatic carbocycles. The Balaban J connectivity index is 1.99. The summed E-state index contributed by atoms with van der Waals surface area (Å²) in [5, 5.41) is 4.70. The van der Waals surface area contributed by atoms with Crippen molar-refractivity contribution in [2.45, 2.75) is 6.92 Å². The second-order valence-corrected chi connectivity index (χ2v) is 7.08. The summed E-state index contributed by atoms with van der Waals surface area (Å²) in [6.45, 7) is 1.99. The van der Waals surface area contributed by atoms with Crippen molar-refractivity contribution < 1.29 is 0 Å². The maximum absolute atomic E-state index is 13.0. The standard InChI is InChI=1S/C18H13N3OS2/c1-12-4-2-3-5-14(12)21-15(6-7-16-19-9-11-23-16)20-13-8-10-24-17(13)18(21)22/h2-11H,1H3. The average molecular weight is 351 g/mol. The Kier molecular flexibility index (Phi) is 3.84. The SMILES string of the molecule is Cc1ccccc1-n1c(C=Cc2nccs2)nc2ccsc2c1=O. The molecule has 0 radical (unpaired) electrons. The molecule has 4 nitrogen and oxygen atoms in total. The highest BCUT2D eigenvalue weighted by atomic mass is 32.1. The molecule has 0 spiro atoms. The first-order valence-electron chi connectivity index (χ1n) is 7.38. The maximum atomic E-state index is 13.0. The van der Waals surface area contributed by atoms with Crippen molar-refractivity contribution in [1.29, 1.82) is 0 Å². The fourth-order valence-electron chi connectivity index (χ4n) is 2.55. The molecule has 0 bridgehead atoms. The summed E-state index contributed by atoms with van der Waals surface area (Å²) >= 11 is 2.97. The lowest BCUT2D eigenvalue weighted by Gasteiger charge is -2.12. The molecule has 0 amide bonds. The Labute approximate surface area is 146 Å². The second-order valence-electron chi connectivity index (χ2n) is 5.24. The highest BCUT2D eigenvalue weighted by Gasteiger charge is 2.13. The van der Waals surface area contributed by atoms with Crippen LogP contribution in [-0.4, -0.2) is 14.5 Å². The van der Waals surface area contributed by atoms with Crippen LogP contribution in [0.2, 0.25) is 0 Å². The normalized spacial score (nSPS) is 11.5. The molecule has 118 valence electrons. The molecule has 0 N–H and O–H groups in total. The van der Waals surface area contributed by atoms with Gasteiger partial charge in [0.05, 0.1) is 11.2 Å². The van der Waals surface area contributed by atoms with Crippen molar-refractivity contribution >= 4 is 45.0 Å². The molecule has 0 saturated carbocycles. The smallest absolute Gasteiger partial charge is 0.267 e. The van der Waals surface area contributed by atoms with Gasteiger partial charge in [0.15, 0.2) is 0 Å². The highest BCUT2D eigenvalue weighted by Crippen LogP contribution is 2.20. The van der Waals surface area contributed by atoms with E-state index in [1.54, 1.807) is 22.1 Å². The predicted octanol–water partition coefficient (Wildman–Crippen LogP) is 4.38. The van der Waals surface area contributed by atoms with Crippen LogP contribution in [0.15, 0.2) is 52.1 Å². The lowest BCUT2D eigenvalue weighted by molar-refractivity contribution is 0.938. The van der Waals surface area contributed by atoms with E-state index in [1.807, 2.05) is 60.2 Å². The first-order chi connectivity index (χ1) is 11.7. The quantitative estimate of drug-likeness (QED) is 0.550. The molecule has 3 heterocycles. The topological polar surface area (TPSA) is 47.8 Å². The van der Waals surface area contributed by atoms with Gasteiger partial charge in [0.1, 0.15) is 15.5 Å². The summed E-state index contributed by atoms with van der Waals surface area (Å²) in [6, 6.07) is 9.71. The number of fused-ring (bicyclic) bond motifs is 1. The van der Waals surface area contributed by atoms with E-state index in [4.69, 9.17) is 0 Å². The zero-order chi connectivity index (χ0) is 16.5. The van der Waals surface area contributed by atoms with Crippen molar-refractivity contribution in [1.82, 2.24) is 14.5 Å². The zero-order valence-electron chi connectivity index (χ0n) is 12.8. The summed E-state index contributed by atoms with van der Waals surface area (Å²) in [5.41, 5.74) is 2.57. The van der Waals surface area contributed by atoms with Gasteiger partial charge in [-0.25, -0.2) is 9.97 Å². The number of rotatable bonds is 3. The monoisotopic (exact) mass is 351 g/mol. The third-order valence-corrected chi connectivity index (χ3v) is 5.32. The zero-order valence-corrected chi connectivity index (χ0v) is 14.5. The van der Waals surface area contributed by atoms with Gasteiger partial charge in [-0.3, -0.25) is 9.36 Å². The molecular formula is C18H13N3OS2. The van der Waals surface area contributed by atoms with Crippen LogP contribution in [0.25, 0.3) is 28.1 Å². The number of aryl methyl sites for hydroxylation is 1. The number of nitrogens with zero attached hydrogens (tertiary/aromatic N) is 3. The van der Waals surface area contributed by atoms with Crippen LogP contribution < -0.4 is 5.56 Å². The number of benzene rings is 1. The van der Waals surface area contributed by atoms with Gasteiger partial charge in [-0.1, -0.05) is 18.2 Å². The molecule has 0 atom stereocenters. The molecule has 1 aromatic carbocycles. The Morgan fingerprint density at radius 2 is 1.96 bits per heavy atom. The minimum atomic E-state index is -0.0388. The predicted molar refractivity (Wildman–Crippen MR) is 101 cm³/mol. The van der Waals surface area contributed by atoms with Gasteiger partial charge >= 0.3 is 0 Å². The molecule has 4 aromatic rings. The van der Waals surface area contributed by atoms with E-state index in [0.29, 0.717) is 10.5 Å².